The smallest absolute Gasteiger partial charge is 0.272 e. The zero-order valence-electron chi connectivity index (χ0n) is 12.8. The van der Waals surface area contributed by atoms with Crippen LogP contribution >= 0.6 is 0 Å². The average Bonchev–Trinajstić information content (AvgIpc) is 2.91. The van der Waals surface area contributed by atoms with Crippen LogP contribution in [0.1, 0.15) is 42.4 Å². The van der Waals surface area contributed by atoms with Gasteiger partial charge in [0.25, 0.3) is 5.91 Å². The molecule has 1 aromatic carbocycles. The summed E-state index contributed by atoms with van der Waals surface area (Å²) < 4.78 is 1.78. The third-order valence-corrected chi connectivity index (χ3v) is 4.00. The van der Waals surface area contributed by atoms with E-state index in [4.69, 9.17) is 0 Å². The second-order valence-corrected chi connectivity index (χ2v) is 6.61. The molecule has 0 aliphatic carbocycles. The molecule has 3 rings (SSSR count). The Hall–Kier alpha value is -2.10. The van der Waals surface area contributed by atoms with Crippen LogP contribution in [0.2, 0.25) is 0 Å². The van der Waals surface area contributed by atoms with E-state index >= 15 is 0 Å². The lowest BCUT2D eigenvalue weighted by Crippen LogP contribution is -2.39. The summed E-state index contributed by atoms with van der Waals surface area (Å²) in [6.07, 6.45) is 1.69. The molecule has 4 nitrogen and oxygen atoms in total. The summed E-state index contributed by atoms with van der Waals surface area (Å²) in [6.45, 7) is 8.77. The lowest BCUT2D eigenvalue weighted by atomic mass is 9.87. The van der Waals surface area contributed by atoms with Crippen LogP contribution in [0, 0.1) is 0 Å². The minimum absolute atomic E-state index is 0.0682. The zero-order chi connectivity index (χ0) is 15.0. The Balaban J connectivity index is 1.74. The van der Waals surface area contributed by atoms with E-state index in [1.54, 1.807) is 16.9 Å². The fraction of sp³-hybridized carbons (Fsp3) is 0.412. The first kappa shape index (κ1) is 13.9. The fourth-order valence-electron chi connectivity index (χ4n) is 2.65. The minimum atomic E-state index is 0.0682. The topological polar surface area (TPSA) is 38.1 Å². The maximum absolute atomic E-state index is 12.4. The Labute approximate surface area is 125 Å². The van der Waals surface area contributed by atoms with E-state index in [0.29, 0.717) is 18.8 Å². The van der Waals surface area contributed by atoms with E-state index in [-0.39, 0.29) is 11.3 Å². The lowest BCUT2D eigenvalue weighted by molar-refractivity contribution is 0.0683. The number of hydrogen-bond donors (Lipinski definition) is 0. The summed E-state index contributed by atoms with van der Waals surface area (Å²) in [4.78, 5) is 14.3. The van der Waals surface area contributed by atoms with E-state index in [9.17, 15) is 4.79 Å². The van der Waals surface area contributed by atoms with Gasteiger partial charge in [0.1, 0.15) is 5.69 Å². The molecule has 0 bridgehead atoms. The molecule has 0 unspecified atom stereocenters. The highest BCUT2D eigenvalue weighted by molar-refractivity contribution is 5.93. The van der Waals surface area contributed by atoms with Crippen LogP contribution in [-0.4, -0.2) is 27.1 Å². The number of carbonyl (C=O) groups is 1. The van der Waals surface area contributed by atoms with Crippen LogP contribution in [-0.2, 0) is 18.5 Å². The van der Waals surface area contributed by atoms with Gasteiger partial charge in [-0.2, -0.15) is 5.10 Å². The highest BCUT2D eigenvalue weighted by atomic mass is 16.2. The summed E-state index contributed by atoms with van der Waals surface area (Å²) in [7, 11) is 0. The standard InChI is InChI=1S/C17H21N3O/c1-17(2,3)14-6-4-13(5-7-14)12-19-10-11-20-15(16(19)21)8-9-18-20/h4-9H,10-12H2,1-3H3. The van der Waals surface area contributed by atoms with Crippen LogP contribution in [0.4, 0.5) is 0 Å². The number of nitrogens with zero attached hydrogens (tertiary/aromatic N) is 3. The zero-order valence-corrected chi connectivity index (χ0v) is 12.8. The van der Waals surface area contributed by atoms with E-state index < -0.39 is 0 Å². The summed E-state index contributed by atoms with van der Waals surface area (Å²) in [6, 6.07) is 10.4. The van der Waals surface area contributed by atoms with Gasteiger partial charge in [-0.3, -0.25) is 9.48 Å². The monoisotopic (exact) mass is 283 g/mol. The van der Waals surface area contributed by atoms with Gasteiger partial charge in [0, 0.05) is 19.3 Å². The van der Waals surface area contributed by atoms with E-state index in [0.717, 1.165) is 6.54 Å². The van der Waals surface area contributed by atoms with Gasteiger partial charge in [-0.1, -0.05) is 45.0 Å². The van der Waals surface area contributed by atoms with Crippen LogP contribution < -0.4 is 0 Å². The SMILES string of the molecule is CC(C)(C)c1ccc(CN2CCn3nccc3C2=O)cc1. The molecule has 0 radical (unpaired) electrons. The predicted molar refractivity (Wildman–Crippen MR) is 82.1 cm³/mol. The van der Waals surface area contributed by atoms with E-state index in [2.05, 4.69) is 50.1 Å². The molecule has 2 heterocycles. The molecule has 0 fully saturated rings. The Morgan fingerprint density at radius 3 is 2.48 bits per heavy atom. The fourth-order valence-corrected chi connectivity index (χ4v) is 2.65. The van der Waals surface area contributed by atoms with Gasteiger partial charge in [0.15, 0.2) is 0 Å². The number of hydrogen-bond acceptors (Lipinski definition) is 2. The molecule has 1 aliphatic heterocycles. The molecule has 0 saturated carbocycles. The van der Waals surface area contributed by atoms with Crippen molar-refractivity contribution in [2.24, 2.45) is 0 Å². The number of aromatic nitrogens is 2. The van der Waals surface area contributed by atoms with Crippen molar-refractivity contribution in [2.75, 3.05) is 6.54 Å². The van der Waals surface area contributed by atoms with Gasteiger partial charge in [0.05, 0.1) is 6.54 Å². The number of rotatable bonds is 2. The first-order chi connectivity index (χ1) is 9.95. The third kappa shape index (κ3) is 2.71. The van der Waals surface area contributed by atoms with Gasteiger partial charge in [-0.25, -0.2) is 0 Å². The number of carbonyl (C=O) groups excluding carboxylic acids is 1. The molecule has 4 heteroatoms. The molecule has 0 N–H and O–H groups in total. The molecular formula is C17H21N3O. The van der Waals surface area contributed by atoms with Crippen LogP contribution in [0.5, 0.6) is 0 Å². The van der Waals surface area contributed by atoms with Gasteiger partial charge in [-0.15, -0.1) is 0 Å². The number of fused-ring (bicyclic) bond motifs is 1. The average molecular weight is 283 g/mol. The second-order valence-electron chi connectivity index (χ2n) is 6.61. The van der Waals surface area contributed by atoms with Gasteiger partial charge in [-0.05, 0) is 22.6 Å². The van der Waals surface area contributed by atoms with Crippen molar-refractivity contribution in [3.63, 3.8) is 0 Å². The molecule has 110 valence electrons. The van der Waals surface area contributed by atoms with Crippen molar-refractivity contribution in [1.82, 2.24) is 14.7 Å². The highest BCUT2D eigenvalue weighted by Crippen LogP contribution is 2.23. The first-order valence-electron chi connectivity index (χ1n) is 7.36. The number of amides is 1. The summed E-state index contributed by atoms with van der Waals surface area (Å²) in [5, 5.41) is 4.16. The van der Waals surface area contributed by atoms with Crippen molar-refractivity contribution < 1.29 is 4.79 Å². The predicted octanol–water partition coefficient (Wildman–Crippen LogP) is 2.84. The molecule has 21 heavy (non-hydrogen) atoms. The van der Waals surface area contributed by atoms with E-state index in [1.165, 1.54) is 11.1 Å². The third-order valence-electron chi connectivity index (χ3n) is 4.00. The maximum atomic E-state index is 12.4. The largest absolute Gasteiger partial charge is 0.331 e. The van der Waals surface area contributed by atoms with Crippen LogP contribution in [0.15, 0.2) is 36.5 Å². The van der Waals surface area contributed by atoms with Crippen LogP contribution in [0.25, 0.3) is 0 Å². The Kier molecular flexibility index (Phi) is 3.32. The Morgan fingerprint density at radius 1 is 1.10 bits per heavy atom. The Bertz CT molecular complexity index is 649. The first-order valence-corrected chi connectivity index (χ1v) is 7.36. The van der Waals surface area contributed by atoms with Crippen molar-refractivity contribution in [1.29, 1.82) is 0 Å². The molecule has 0 saturated heterocycles. The van der Waals surface area contributed by atoms with E-state index in [1.807, 2.05) is 4.90 Å². The van der Waals surface area contributed by atoms with Gasteiger partial charge < -0.3 is 4.90 Å². The molecule has 1 aliphatic rings. The van der Waals surface area contributed by atoms with Crippen molar-refractivity contribution >= 4 is 5.91 Å². The Morgan fingerprint density at radius 2 is 1.81 bits per heavy atom. The molecule has 0 spiro atoms. The van der Waals surface area contributed by atoms with Crippen LogP contribution in [0.3, 0.4) is 0 Å². The minimum Gasteiger partial charge on any atom is -0.331 e. The maximum Gasteiger partial charge on any atom is 0.272 e. The normalized spacial score (nSPS) is 15.2. The van der Waals surface area contributed by atoms with Crippen molar-refractivity contribution in [2.45, 2.75) is 39.3 Å². The summed E-state index contributed by atoms with van der Waals surface area (Å²) in [5.74, 6) is 0.0682. The highest BCUT2D eigenvalue weighted by Gasteiger charge is 2.24. The van der Waals surface area contributed by atoms with Crippen molar-refractivity contribution in [3.8, 4) is 0 Å². The molecule has 0 atom stereocenters. The second kappa shape index (κ2) is 5.02. The number of benzene rings is 1. The van der Waals surface area contributed by atoms with Crippen molar-refractivity contribution in [3.05, 3.63) is 53.3 Å². The summed E-state index contributed by atoms with van der Waals surface area (Å²) >= 11 is 0. The quantitative estimate of drug-likeness (QED) is 0.850. The van der Waals surface area contributed by atoms with Gasteiger partial charge in [0.2, 0.25) is 0 Å². The summed E-state index contributed by atoms with van der Waals surface area (Å²) in [5.41, 5.74) is 3.33. The molecular weight excluding hydrogens is 262 g/mol. The van der Waals surface area contributed by atoms with Gasteiger partial charge >= 0.3 is 0 Å². The molecule has 1 amide bonds. The molecule has 2 aromatic rings. The lowest BCUT2D eigenvalue weighted by Gasteiger charge is -2.28. The molecule has 1 aromatic heterocycles.